The Morgan fingerprint density at radius 3 is 2.87 bits per heavy atom. The SMILES string of the molecule is O=C(O)CCCC(=O)c1cc(-c2c[nH]c3cccc(F)c23)co1. The fraction of sp³-hybridized carbons (Fsp3) is 0.176. The Bertz CT molecular complexity index is 878. The lowest BCUT2D eigenvalue weighted by Crippen LogP contribution is -2.00. The first-order chi connectivity index (χ1) is 11.1. The molecule has 0 spiro atoms. The Balaban J connectivity index is 1.84. The Morgan fingerprint density at radius 1 is 1.26 bits per heavy atom. The molecule has 0 aliphatic rings. The molecule has 0 aliphatic heterocycles. The van der Waals surface area contributed by atoms with Gasteiger partial charge in [-0.3, -0.25) is 9.59 Å². The lowest BCUT2D eigenvalue weighted by Gasteiger charge is -1.96. The number of hydrogen-bond acceptors (Lipinski definition) is 3. The van der Waals surface area contributed by atoms with E-state index in [0.29, 0.717) is 22.0 Å². The maximum absolute atomic E-state index is 14.0. The van der Waals surface area contributed by atoms with Gasteiger partial charge in [-0.05, 0) is 24.6 Å². The fourth-order valence-electron chi connectivity index (χ4n) is 2.51. The molecule has 118 valence electrons. The molecule has 3 aromatic rings. The maximum Gasteiger partial charge on any atom is 0.303 e. The monoisotopic (exact) mass is 315 g/mol. The van der Waals surface area contributed by atoms with E-state index in [1.165, 1.54) is 12.3 Å². The minimum Gasteiger partial charge on any atom is -0.481 e. The number of ketones is 1. The van der Waals surface area contributed by atoms with Crippen molar-refractivity contribution in [2.45, 2.75) is 19.3 Å². The summed E-state index contributed by atoms with van der Waals surface area (Å²) in [6.45, 7) is 0. The van der Waals surface area contributed by atoms with Crippen molar-refractivity contribution >= 4 is 22.7 Å². The van der Waals surface area contributed by atoms with Crippen molar-refractivity contribution in [3.05, 3.63) is 48.3 Å². The first kappa shape index (κ1) is 15.0. The summed E-state index contributed by atoms with van der Waals surface area (Å²) in [7, 11) is 0. The van der Waals surface area contributed by atoms with E-state index in [4.69, 9.17) is 9.52 Å². The van der Waals surface area contributed by atoms with E-state index in [2.05, 4.69) is 4.98 Å². The summed E-state index contributed by atoms with van der Waals surface area (Å²) in [4.78, 5) is 25.4. The highest BCUT2D eigenvalue weighted by atomic mass is 19.1. The zero-order valence-corrected chi connectivity index (χ0v) is 12.1. The number of H-pyrrole nitrogens is 1. The summed E-state index contributed by atoms with van der Waals surface area (Å²) in [5.41, 5.74) is 1.88. The van der Waals surface area contributed by atoms with Gasteiger partial charge in [-0.15, -0.1) is 0 Å². The lowest BCUT2D eigenvalue weighted by atomic mass is 10.1. The highest BCUT2D eigenvalue weighted by Gasteiger charge is 2.16. The van der Waals surface area contributed by atoms with Gasteiger partial charge in [0.15, 0.2) is 11.5 Å². The van der Waals surface area contributed by atoms with Gasteiger partial charge in [-0.1, -0.05) is 6.07 Å². The normalized spacial score (nSPS) is 11.0. The molecule has 1 aromatic carbocycles. The third-order valence-electron chi connectivity index (χ3n) is 3.63. The second kappa shape index (κ2) is 6.08. The van der Waals surface area contributed by atoms with Crippen LogP contribution < -0.4 is 0 Å². The van der Waals surface area contributed by atoms with E-state index in [9.17, 15) is 14.0 Å². The first-order valence-corrected chi connectivity index (χ1v) is 7.16. The number of Topliss-reactive ketones (excluding diaryl/α,β-unsaturated/α-hetero) is 1. The van der Waals surface area contributed by atoms with Crippen molar-refractivity contribution in [1.29, 1.82) is 0 Å². The molecule has 0 unspecified atom stereocenters. The molecule has 23 heavy (non-hydrogen) atoms. The predicted molar refractivity (Wildman–Crippen MR) is 81.8 cm³/mol. The molecule has 0 aliphatic carbocycles. The van der Waals surface area contributed by atoms with Gasteiger partial charge >= 0.3 is 5.97 Å². The number of hydrogen-bond donors (Lipinski definition) is 2. The van der Waals surface area contributed by atoms with Crippen molar-refractivity contribution in [2.75, 3.05) is 0 Å². The molecular weight excluding hydrogens is 301 g/mol. The van der Waals surface area contributed by atoms with E-state index in [0.717, 1.165) is 0 Å². The third-order valence-corrected chi connectivity index (χ3v) is 3.63. The Kier molecular flexibility index (Phi) is 3.97. The molecule has 0 atom stereocenters. The van der Waals surface area contributed by atoms with Gasteiger partial charge in [-0.25, -0.2) is 4.39 Å². The number of aromatic amines is 1. The number of fused-ring (bicyclic) bond motifs is 1. The van der Waals surface area contributed by atoms with E-state index in [-0.39, 0.29) is 36.6 Å². The van der Waals surface area contributed by atoms with Gasteiger partial charge in [-0.2, -0.15) is 0 Å². The van der Waals surface area contributed by atoms with Gasteiger partial charge < -0.3 is 14.5 Å². The van der Waals surface area contributed by atoms with Gasteiger partial charge in [0.05, 0.1) is 6.26 Å². The largest absolute Gasteiger partial charge is 0.481 e. The van der Waals surface area contributed by atoms with E-state index >= 15 is 0 Å². The molecule has 5 nitrogen and oxygen atoms in total. The Hall–Kier alpha value is -2.89. The molecule has 0 saturated heterocycles. The molecule has 0 fully saturated rings. The van der Waals surface area contributed by atoms with Gasteiger partial charge in [0.2, 0.25) is 0 Å². The number of rotatable bonds is 6. The minimum absolute atomic E-state index is 0.0625. The maximum atomic E-state index is 14.0. The quantitative estimate of drug-likeness (QED) is 0.673. The van der Waals surface area contributed by atoms with E-state index < -0.39 is 5.97 Å². The van der Waals surface area contributed by atoms with Gasteiger partial charge in [0.25, 0.3) is 0 Å². The Labute approximate surface area is 130 Å². The number of aromatic nitrogens is 1. The third kappa shape index (κ3) is 3.01. The summed E-state index contributed by atoms with van der Waals surface area (Å²) in [5, 5.41) is 9.02. The molecular formula is C17H14FNO4. The summed E-state index contributed by atoms with van der Waals surface area (Å²) in [6.07, 6.45) is 3.36. The van der Waals surface area contributed by atoms with Crippen LogP contribution in [0.5, 0.6) is 0 Å². The second-order valence-electron chi connectivity index (χ2n) is 5.23. The van der Waals surface area contributed by atoms with Gasteiger partial charge in [0, 0.05) is 41.1 Å². The number of nitrogens with one attached hydrogen (secondary N) is 1. The molecule has 0 saturated carbocycles. The molecule has 3 rings (SSSR count). The van der Waals surface area contributed by atoms with Crippen molar-refractivity contribution in [1.82, 2.24) is 4.98 Å². The van der Waals surface area contributed by atoms with E-state index in [1.54, 1.807) is 24.4 Å². The molecule has 0 amide bonds. The van der Waals surface area contributed by atoms with Crippen LogP contribution in [0.1, 0.15) is 29.8 Å². The van der Waals surface area contributed by atoms with Crippen molar-refractivity contribution in [3.8, 4) is 11.1 Å². The number of carboxylic acid groups (broad SMARTS) is 1. The highest BCUT2D eigenvalue weighted by Crippen LogP contribution is 2.32. The van der Waals surface area contributed by atoms with Crippen LogP contribution in [0.25, 0.3) is 22.0 Å². The lowest BCUT2D eigenvalue weighted by molar-refractivity contribution is -0.137. The minimum atomic E-state index is -0.938. The van der Waals surface area contributed by atoms with Crippen LogP contribution in [0.15, 0.2) is 41.1 Å². The van der Waals surface area contributed by atoms with Crippen molar-refractivity contribution < 1.29 is 23.5 Å². The topological polar surface area (TPSA) is 83.3 Å². The van der Waals surface area contributed by atoms with Crippen LogP contribution >= 0.6 is 0 Å². The fourth-order valence-corrected chi connectivity index (χ4v) is 2.51. The summed E-state index contributed by atoms with van der Waals surface area (Å²) in [5.74, 6) is -1.41. The number of benzene rings is 1. The van der Waals surface area contributed by atoms with Gasteiger partial charge in [0.1, 0.15) is 5.82 Å². The molecule has 2 heterocycles. The summed E-state index contributed by atoms with van der Waals surface area (Å²) >= 11 is 0. The number of carbonyl (C=O) groups excluding carboxylic acids is 1. The summed E-state index contributed by atoms with van der Waals surface area (Å²) in [6, 6.07) is 6.31. The van der Waals surface area contributed by atoms with Crippen molar-refractivity contribution in [2.24, 2.45) is 0 Å². The van der Waals surface area contributed by atoms with Crippen LogP contribution in [0, 0.1) is 5.82 Å². The van der Waals surface area contributed by atoms with Crippen LogP contribution in [0.2, 0.25) is 0 Å². The zero-order chi connectivity index (χ0) is 16.4. The van der Waals surface area contributed by atoms with Crippen LogP contribution in [0.4, 0.5) is 4.39 Å². The van der Waals surface area contributed by atoms with Crippen LogP contribution in [0.3, 0.4) is 0 Å². The molecule has 2 aromatic heterocycles. The molecule has 2 N–H and O–H groups in total. The molecule has 0 radical (unpaired) electrons. The predicted octanol–water partition coefficient (Wildman–Crippen LogP) is 4.00. The zero-order valence-electron chi connectivity index (χ0n) is 12.1. The standard InChI is InChI=1S/C17H14FNO4/c18-12-3-1-4-13-17(12)11(8-19-13)10-7-15(23-9-10)14(20)5-2-6-16(21)22/h1,3-4,7-9,19H,2,5-6H2,(H,21,22). The number of furan rings is 1. The number of aliphatic carboxylic acids is 1. The highest BCUT2D eigenvalue weighted by molar-refractivity contribution is 5.99. The van der Waals surface area contributed by atoms with Crippen molar-refractivity contribution in [3.63, 3.8) is 0 Å². The Morgan fingerprint density at radius 2 is 2.09 bits per heavy atom. The summed E-state index contributed by atoms with van der Waals surface area (Å²) < 4.78 is 19.3. The van der Waals surface area contributed by atoms with Crippen LogP contribution in [-0.4, -0.2) is 21.8 Å². The number of halogens is 1. The molecule has 6 heteroatoms. The first-order valence-electron chi connectivity index (χ1n) is 7.16. The molecule has 0 bridgehead atoms. The average Bonchev–Trinajstić information content (AvgIpc) is 3.13. The average molecular weight is 315 g/mol. The van der Waals surface area contributed by atoms with Crippen LogP contribution in [-0.2, 0) is 4.79 Å². The van der Waals surface area contributed by atoms with E-state index in [1.807, 2.05) is 0 Å². The smallest absolute Gasteiger partial charge is 0.303 e. The second-order valence-corrected chi connectivity index (χ2v) is 5.23. The number of carboxylic acids is 1. The number of carbonyl (C=O) groups is 2.